The molecule has 0 saturated heterocycles. The number of ether oxygens (including phenoxy) is 1. The maximum atomic E-state index is 13.0. The Morgan fingerprint density at radius 3 is 2.57 bits per heavy atom. The molecule has 0 aliphatic carbocycles. The number of hydrogen-bond donors (Lipinski definition) is 2. The Morgan fingerprint density at radius 2 is 1.83 bits per heavy atom. The molecule has 0 fully saturated rings. The highest BCUT2D eigenvalue weighted by Crippen LogP contribution is 2.54. The fraction of sp³-hybridized carbons (Fsp3) is 0.222. The first-order chi connectivity index (χ1) is 16.9. The van der Waals surface area contributed by atoms with Gasteiger partial charge in [-0.15, -0.1) is 0 Å². The molecule has 2 aliphatic heterocycles. The van der Waals surface area contributed by atoms with Crippen LogP contribution < -0.4 is 11.1 Å². The first kappa shape index (κ1) is 21.8. The van der Waals surface area contributed by atoms with Gasteiger partial charge in [0.25, 0.3) is 5.91 Å². The molecule has 3 N–H and O–H groups in total. The zero-order valence-corrected chi connectivity index (χ0v) is 20.1. The van der Waals surface area contributed by atoms with Crippen molar-refractivity contribution in [3.63, 3.8) is 0 Å². The minimum absolute atomic E-state index is 0.0959. The summed E-state index contributed by atoms with van der Waals surface area (Å²) >= 11 is 6.00. The van der Waals surface area contributed by atoms with Gasteiger partial charge < -0.3 is 15.8 Å². The van der Waals surface area contributed by atoms with Crippen LogP contribution in [0.25, 0.3) is 0 Å². The third kappa shape index (κ3) is 3.77. The fourth-order valence-corrected chi connectivity index (χ4v) is 5.33. The molecule has 2 unspecified atom stereocenters. The predicted molar refractivity (Wildman–Crippen MR) is 133 cm³/mol. The zero-order valence-electron chi connectivity index (χ0n) is 19.4. The molecule has 0 radical (unpaired) electrons. The highest BCUT2D eigenvalue weighted by atomic mass is 35.5. The summed E-state index contributed by atoms with van der Waals surface area (Å²) in [5.74, 6) is 0.358. The van der Waals surface area contributed by atoms with Gasteiger partial charge in [-0.25, -0.2) is 4.98 Å². The van der Waals surface area contributed by atoms with Crippen molar-refractivity contribution in [3.8, 4) is 0 Å². The molecule has 2 aliphatic rings. The van der Waals surface area contributed by atoms with Crippen LogP contribution in [0.15, 0.2) is 54.9 Å². The molecule has 2 aromatic heterocycles. The second kappa shape index (κ2) is 8.22. The largest absolute Gasteiger partial charge is 0.384 e. The van der Waals surface area contributed by atoms with E-state index in [9.17, 15) is 4.79 Å². The minimum Gasteiger partial charge on any atom is -0.384 e. The summed E-state index contributed by atoms with van der Waals surface area (Å²) in [6.45, 7) is 4.90. The van der Waals surface area contributed by atoms with Crippen LogP contribution in [0, 0.1) is 13.8 Å². The van der Waals surface area contributed by atoms with Crippen molar-refractivity contribution >= 4 is 23.3 Å². The normalized spacial score (nSPS) is 17.3. The highest BCUT2D eigenvalue weighted by molar-refractivity contribution is 6.30. The maximum Gasteiger partial charge on any atom is 0.251 e. The van der Waals surface area contributed by atoms with E-state index in [0.29, 0.717) is 29.5 Å². The summed E-state index contributed by atoms with van der Waals surface area (Å²) in [6, 6.07) is 14.1. The van der Waals surface area contributed by atoms with Gasteiger partial charge in [0, 0.05) is 24.0 Å². The summed E-state index contributed by atoms with van der Waals surface area (Å²) in [4.78, 5) is 17.3. The molecule has 0 saturated carbocycles. The number of hydrogen-bond acceptors (Lipinski definition) is 5. The number of aromatic nitrogens is 3. The van der Waals surface area contributed by atoms with E-state index in [-0.39, 0.29) is 18.1 Å². The number of amides is 1. The number of aryl methyl sites for hydroxylation is 2. The van der Waals surface area contributed by atoms with Crippen molar-refractivity contribution in [2.75, 3.05) is 5.73 Å². The third-order valence-electron chi connectivity index (χ3n) is 6.85. The predicted octanol–water partition coefficient (Wildman–Crippen LogP) is 4.63. The minimum atomic E-state index is -0.176. The number of nitrogens with one attached hydrogen (secondary N) is 1. The first-order valence-corrected chi connectivity index (χ1v) is 11.9. The van der Waals surface area contributed by atoms with Gasteiger partial charge in [-0.2, -0.15) is 5.10 Å². The van der Waals surface area contributed by atoms with Crippen molar-refractivity contribution in [3.05, 3.63) is 110 Å². The lowest BCUT2D eigenvalue weighted by atomic mass is 9.84. The number of nitrogens with two attached hydrogens (primary N) is 1. The molecule has 4 aromatic rings. The number of pyridine rings is 1. The molecule has 0 spiro atoms. The number of carbonyl (C=O) groups excluding carboxylic acids is 1. The zero-order chi connectivity index (χ0) is 24.3. The third-order valence-corrected chi connectivity index (χ3v) is 7.04. The van der Waals surface area contributed by atoms with E-state index in [1.54, 1.807) is 12.4 Å². The molecule has 2 aromatic carbocycles. The molecule has 176 valence electrons. The molecule has 6 rings (SSSR count). The monoisotopic (exact) mass is 485 g/mol. The van der Waals surface area contributed by atoms with Gasteiger partial charge in [0.1, 0.15) is 18.0 Å². The number of nitrogen functional groups attached to an aromatic ring is 1. The number of carbonyl (C=O) groups is 1. The average Bonchev–Trinajstić information content (AvgIpc) is 3.51. The number of nitrogens with zero attached hydrogens (tertiary/aromatic N) is 3. The lowest BCUT2D eigenvalue weighted by molar-refractivity contribution is 0.0857. The Hall–Kier alpha value is -3.68. The van der Waals surface area contributed by atoms with Crippen LogP contribution >= 0.6 is 11.6 Å². The van der Waals surface area contributed by atoms with Crippen LogP contribution in [0.4, 0.5) is 5.82 Å². The Kier molecular flexibility index (Phi) is 5.12. The number of benzene rings is 2. The van der Waals surface area contributed by atoms with Crippen LogP contribution in [-0.2, 0) is 17.8 Å². The molecule has 2 atom stereocenters. The lowest BCUT2D eigenvalue weighted by Crippen LogP contribution is -2.24. The molecular formula is C27H24ClN5O2. The van der Waals surface area contributed by atoms with E-state index in [1.807, 2.05) is 42.8 Å². The van der Waals surface area contributed by atoms with Gasteiger partial charge >= 0.3 is 0 Å². The van der Waals surface area contributed by atoms with Crippen LogP contribution in [0.5, 0.6) is 0 Å². The average molecular weight is 486 g/mol. The molecule has 2 bridgehead atoms. The smallest absolute Gasteiger partial charge is 0.251 e. The molecule has 8 heteroatoms. The van der Waals surface area contributed by atoms with Crippen molar-refractivity contribution in [2.24, 2.45) is 0 Å². The lowest BCUT2D eigenvalue weighted by Gasteiger charge is -2.18. The first-order valence-electron chi connectivity index (χ1n) is 11.5. The number of rotatable bonds is 5. The number of halogens is 1. The van der Waals surface area contributed by atoms with E-state index < -0.39 is 0 Å². The summed E-state index contributed by atoms with van der Waals surface area (Å²) in [7, 11) is 0. The molecule has 1 amide bonds. The van der Waals surface area contributed by atoms with E-state index in [0.717, 1.165) is 39.1 Å². The van der Waals surface area contributed by atoms with Crippen molar-refractivity contribution in [1.82, 2.24) is 20.1 Å². The molecule has 35 heavy (non-hydrogen) atoms. The quantitative estimate of drug-likeness (QED) is 0.429. The second-order valence-corrected chi connectivity index (χ2v) is 9.61. The van der Waals surface area contributed by atoms with Crippen LogP contribution in [0.1, 0.15) is 67.2 Å². The van der Waals surface area contributed by atoms with Gasteiger partial charge in [-0.05, 0) is 71.0 Å². The summed E-state index contributed by atoms with van der Waals surface area (Å²) in [5.41, 5.74) is 14.9. The SMILES string of the molecule is Cc1cc(N)nc(C)c1CNC(=O)c1ccc2c(c1)C1OC2c2ccc(Cn3cc(Cl)cn3)cc21. The second-order valence-electron chi connectivity index (χ2n) is 9.17. The van der Waals surface area contributed by atoms with Gasteiger partial charge in [0.2, 0.25) is 0 Å². The molecular weight excluding hydrogens is 462 g/mol. The van der Waals surface area contributed by atoms with Crippen LogP contribution in [-0.4, -0.2) is 20.7 Å². The number of fused-ring (bicyclic) bond motifs is 8. The Morgan fingerprint density at radius 1 is 1.09 bits per heavy atom. The topological polar surface area (TPSA) is 95.1 Å². The van der Waals surface area contributed by atoms with Crippen molar-refractivity contribution in [1.29, 1.82) is 0 Å². The summed E-state index contributed by atoms with van der Waals surface area (Å²) in [6.07, 6.45) is 3.17. The van der Waals surface area contributed by atoms with Crippen molar-refractivity contribution in [2.45, 2.75) is 39.1 Å². The molecule has 4 heterocycles. The van der Waals surface area contributed by atoms with Crippen LogP contribution in [0.2, 0.25) is 5.02 Å². The summed E-state index contributed by atoms with van der Waals surface area (Å²) < 4.78 is 8.15. The Bertz CT molecular complexity index is 1470. The van der Waals surface area contributed by atoms with Gasteiger partial charge in [0.15, 0.2) is 0 Å². The Balaban J connectivity index is 1.22. The van der Waals surface area contributed by atoms with Crippen LogP contribution in [0.3, 0.4) is 0 Å². The van der Waals surface area contributed by atoms with E-state index in [2.05, 4.69) is 33.6 Å². The standard InChI is InChI=1S/C27H24ClN5O2/c1-14-7-24(29)32-15(2)23(14)11-30-27(34)17-4-6-20-22(9-17)26-21-8-16(3-5-19(21)25(20)35-26)12-33-13-18(28)10-31-33/h3-10,13,25-26H,11-12H2,1-2H3,(H2,29,32)(H,30,34). The van der Waals surface area contributed by atoms with E-state index in [4.69, 9.17) is 22.1 Å². The maximum absolute atomic E-state index is 13.0. The van der Waals surface area contributed by atoms with Gasteiger partial charge in [0.05, 0.1) is 17.8 Å². The summed E-state index contributed by atoms with van der Waals surface area (Å²) in [5, 5.41) is 7.92. The highest BCUT2D eigenvalue weighted by Gasteiger charge is 2.43. The fourth-order valence-electron chi connectivity index (χ4n) is 5.17. The number of anilines is 1. The van der Waals surface area contributed by atoms with Crippen molar-refractivity contribution < 1.29 is 9.53 Å². The molecule has 7 nitrogen and oxygen atoms in total. The van der Waals surface area contributed by atoms with E-state index >= 15 is 0 Å². The van der Waals surface area contributed by atoms with Gasteiger partial charge in [-0.1, -0.05) is 35.9 Å². The van der Waals surface area contributed by atoms with Gasteiger partial charge in [-0.3, -0.25) is 9.48 Å². The van der Waals surface area contributed by atoms with E-state index in [1.165, 1.54) is 5.56 Å². The Labute approximate surface area is 207 Å².